The molecule has 10 heteroatoms. The molecule has 1 saturated heterocycles. The van der Waals surface area contributed by atoms with E-state index in [0.29, 0.717) is 0 Å². The molecular formula is C11H14FN5O4. The fraction of sp³-hybridized carbons (Fsp3) is 0.545. The van der Waals surface area contributed by atoms with Gasteiger partial charge in [0, 0.05) is 0 Å². The van der Waals surface area contributed by atoms with Crippen LogP contribution in [0.15, 0.2) is 12.5 Å². The fourth-order valence-electron chi connectivity index (χ4n) is 2.42. The second kappa shape index (κ2) is 4.84. The largest absolute Gasteiger partial charge is 0.393 e. The molecule has 5 N–H and O–H groups in total. The van der Waals surface area contributed by atoms with Crippen LogP contribution in [0.3, 0.4) is 0 Å². The molecule has 0 unspecified atom stereocenters. The van der Waals surface area contributed by atoms with Crippen molar-refractivity contribution in [1.29, 1.82) is 0 Å². The third-order valence-corrected chi connectivity index (χ3v) is 3.68. The molecule has 2 aromatic heterocycles. The molecule has 3 heterocycles. The average molecular weight is 299 g/mol. The second-order valence-corrected chi connectivity index (χ2v) is 4.87. The summed E-state index contributed by atoms with van der Waals surface area (Å²) in [6, 6.07) is 0. The van der Waals surface area contributed by atoms with E-state index in [4.69, 9.17) is 10.5 Å². The lowest BCUT2D eigenvalue weighted by atomic mass is 9.96. The molecule has 0 saturated carbocycles. The van der Waals surface area contributed by atoms with Gasteiger partial charge in [-0.1, -0.05) is 0 Å². The van der Waals surface area contributed by atoms with Gasteiger partial charge in [0.1, 0.15) is 24.1 Å². The molecule has 1 aliphatic heterocycles. The number of rotatable bonds is 3. The minimum atomic E-state index is -1.86. The van der Waals surface area contributed by atoms with Gasteiger partial charge in [-0.25, -0.2) is 18.9 Å². The molecule has 0 spiro atoms. The quantitative estimate of drug-likeness (QED) is 0.520. The number of nitrogens with two attached hydrogens (primary N) is 1. The number of ether oxygens (including phenoxy) is 1. The van der Waals surface area contributed by atoms with E-state index in [0.717, 1.165) is 0 Å². The molecule has 3 rings (SSSR count). The zero-order chi connectivity index (χ0) is 15.2. The van der Waals surface area contributed by atoms with Gasteiger partial charge in [0.05, 0.1) is 25.1 Å². The van der Waals surface area contributed by atoms with Crippen LogP contribution in [-0.4, -0.2) is 66.0 Å². The third-order valence-electron chi connectivity index (χ3n) is 3.68. The summed E-state index contributed by atoms with van der Waals surface area (Å²) in [4.78, 5) is 7.74. The van der Waals surface area contributed by atoms with E-state index in [1.165, 1.54) is 17.0 Å². The minimum Gasteiger partial charge on any atom is -0.393 e. The number of anilines is 1. The Bertz CT molecular complexity index is 661. The van der Waals surface area contributed by atoms with Gasteiger partial charge in [0.15, 0.2) is 17.6 Å². The van der Waals surface area contributed by atoms with Crippen molar-refractivity contribution in [1.82, 2.24) is 19.6 Å². The number of nitrogen functional groups attached to an aromatic ring is 1. The number of halogens is 1. The molecule has 0 amide bonds. The zero-order valence-corrected chi connectivity index (χ0v) is 10.8. The first-order chi connectivity index (χ1) is 10.0. The Labute approximate surface area is 117 Å². The Morgan fingerprint density at radius 1 is 1.38 bits per heavy atom. The van der Waals surface area contributed by atoms with Crippen LogP contribution in [0.2, 0.25) is 0 Å². The summed E-state index contributed by atoms with van der Waals surface area (Å²) in [6.45, 7) is -1.45. The number of nitrogens with zero attached hydrogens (tertiary/aromatic N) is 4. The Balaban J connectivity index is 2.06. The van der Waals surface area contributed by atoms with Gasteiger partial charge >= 0.3 is 0 Å². The van der Waals surface area contributed by atoms with Gasteiger partial charge in [-0.05, 0) is 0 Å². The van der Waals surface area contributed by atoms with E-state index in [9.17, 15) is 19.7 Å². The van der Waals surface area contributed by atoms with Crippen molar-refractivity contribution in [2.45, 2.75) is 24.0 Å². The van der Waals surface area contributed by atoms with Crippen LogP contribution in [0.25, 0.3) is 5.65 Å². The van der Waals surface area contributed by atoms with Crippen LogP contribution < -0.4 is 5.73 Å². The summed E-state index contributed by atoms with van der Waals surface area (Å²) in [7, 11) is 0. The molecule has 9 nitrogen and oxygen atoms in total. The molecule has 0 aromatic carbocycles. The van der Waals surface area contributed by atoms with Crippen LogP contribution in [0.1, 0.15) is 11.8 Å². The predicted molar refractivity (Wildman–Crippen MR) is 66.8 cm³/mol. The van der Waals surface area contributed by atoms with Crippen LogP contribution in [0.5, 0.6) is 0 Å². The number of aromatic nitrogens is 4. The molecule has 1 aliphatic rings. The molecule has 2 aromatic rings. The highest BCUT2D eigenvalue weighted by atomic mass is 19.1. The molecule has 3 atom stereocenters. The Morgan fingerprint density at radius 3 is 2.71 bits per heavy atom. The summed E-state index contributed by atoms with van der Waals surface area (Å²) in [5.41, 5.74) is 4.29. The van der Waals surface area contributed by atoms with Gasteiger partial charge in [0.25, 0.3) is 0 Å². The van der Waals surface area contributed by atoms with Crippen LogP contribution >= 0.6 is 0 Å². The molecule has 0 aliphatic carbocycles. The van der Waals surface area contributed by atoms with Crippen molar-refractivity contribution < 1.29 is 24.4 Å². The minimum absolute atomic E-state index is 0.112. The fourth-order valence-corrected chi connectivity index (χ4v) is 2.42. The van der Waals surface area contributed by atoms with E-state index >= 15 is 0 Å². The van der Waals surface area contributed by atoms with E-state index in [1.807, 2.05) is 0 Å². The van der Waals surface area contributed by atoms with Gasteiger partial charge in [-0.15, -0.1) is 0 Å². The highest BCUT2D eigenvalue weighted by molar-refractivity contribution is 5.58. The Morgan fingerprint density at radius 2 is 2.10 bits per heavy atom. The van der Waals surface area contributed by atoms with Crippen LogP contribution in [-0.2, 0) is 4.74 Å². The average Bonchev–Trinajstić information content (AvgIpc) is 3.02. The molecule has 114 valence electrons. The van der Waals surface area contributed by atoms with Crippen molar-refractivity contribution in [2.75, 3.05) is 18.9 Å². The number of hydrogen-bond donors (Lipinski definition) is 4. The van der Waals surface area contributed by atoms with E-state index in [1.54, 1.807) is 0 Å². The maximum Gasteiger partial charge on any atom is 0.196 e. The third kappa shape index (κ3) is 1.87. The topological polar surface area (TPSA) is 139 Å². The monoisotopic (exact) mass is 299 g/mol. The maximum absolute atomic E-state index is 14.3. The van der Waals surface area contributed by atoms with Crippen molar-refractivity contribution in [3.8, 4) is 0 Å². The second-order valence-electron chi connectivity index (χ2n) is 4.87. The summed E-state index contributed by atoms with van der Waals surface area (Å²) in [5.74, 6) is 0.112. The maximum atomic E-state index is 14.3. The number of hydrogen-bond acceptors (Lipinski definition) is 8. The summed E-state index contributed by atoms with van der Waals surface area (Å²) >= 11 is 0. The van der Waals surface area contributed by atoms with Gasteiger partial charge in [0.2, 0.25) is 0 Å². The van der Waals surface area contributed by atoms with Crippen LogP contribution in [0.4, 0.5) is 10.2 Å². The van der Waals surface area contributed by atoms with Crippen molar-refractivity contribution in [3.05, 3.63) is 18.2 Å². The number of aliphatic hydroxyl groups excluding tert-OH is 3. The SMILES string of the molecule is Nc1ncnn2c([C@@H]3OC(CO)(CO)[C@@H](O)[C@H]3F)cnc12. The van der Waals surface area contributed by atoms with E-state index < -0.39 is 37.2 Å². The number of alkyl halides is 1. The van der Waals surface area contributed by atoms with Gasteiger partial charge < -0.3 is 25.8 Å². The Hall–Kier alpha value is -1.88. The smallest absolute Gasteiger partial charge is 0.196 e. The predicted octanol–water partition coefficient (Wildman–Crippen LogP) is -1.80. The summed E-state index contributed by atoms with van der Waals surface area (Å²) in [6.07, 6.45) is -2.31. The standard InChI is InChI=1S/C11H14FN5O4/c12-6-7(21-11(2-18,3-19)8(6)20)5-1-14-10-9(13)15-4-16-17(5)10/h1,4,6-8,18-20H,2-3H2,(H2,13,15,16)/t6-,7-,8-/m0/s1. The zero-order valence-electron chi connectivity index (χ0n) is 10.8. The summed E-state index contributed by atoms with van der Waals surface area (Å²) < 4.78 is 21.0. The molecule has 1 fully saturated rings. The lowest BCUT2D eigenvalue weighted by molar-refractivity contribution is -0.137. The lowest BCUT2D eigenvalue weighted by Crippen LogP contribution is -2.48. The molecular weight excluding hydrogens is 285 g/mol. The van der Waals surface area contributed by atoms with Gasteiger partial charge in [-0.2, -0.15) is 5.10 Å². The summed E-state index contributed by atoms with van der Waals surface area (Å²) in [5, 5.41) is 32.4. The van der Waals surface area contributed by atoms with Crippen molar-refractivity contribution in [3.63, 3.8) is 0 Å². The first-order valence-electron chi connectivity index (χ1n) is 6.20. The Kier molecular flexibility index (Phi) is 3.24. The van der Waals surface area contributed by atoms with Crippen molar-refractivity contribution in [2.24, 2.45) is 0 Å². The van der Waals surface area contributed by atoms with Crippen LogP contribution in [0, 0.1) is 0 Å². The molecule has 21 heavy (non-hydrogen) atoms. The first-order valence-corrected chi connectivity index (χ1v) is 6.20. The normalized spacial score (nSPS) is 28.3. The number of imidazole rings is 1. The lowest BCUT2D eigenvalue weighted by Gasteiger charge is -2.27. The molecule has 0 bridgehead atoms. The highest BCUT2D eigenvalue weighted by Gasteiger charge is 2.56. The van der Waals surface area contributed by atoms with E-state index in [-0.39, 0.29) is 17.2 Å². The van der Waals surface area contributed by atoms with Crippen molar-refractivity contribution >= 4 is 11.5 Å². The van der Waals surface area contributed by atoms with Gasteiger partial charge in [-0.3, -0.25) is 0 Å². The van der Waals surface area contributed by atoms with E-state index in [2.05, 4.69) is 15.1 Å². The molecule has 0 radical (unpaired) electrons. The number of fused-ring (bicyclic) bond motifs is 1. The first kappa shape index (κ1) is 14.1. The number of aliphatic hydroxyl groups is 3. The highest BCUT2D eigenvalue weighted by Crippen LogP contribution is 2.41.